The molecule has 0 saturated heterocycles. The van der Waals surface area contributed by atoms with E-state index in [1.165, 1.54) is 16.2 Å². The van der Waals surface area contributed by atoms with Crippen LogP contribution in [0.5, 0.6) is 0 Å². The van der Waals surface area contributed by atoms with Crippen LogP contribution in [-0.2, 0) is 4.79 Å². The summed E-state index contributed by atoms with van der Waals surface area (Å²) >= 11 is 4.81. The van der Waals surface area contributed by atoms with Gasteiger partial charge in [-0.1, -0.05) is 0 Å². The highest BCUT2D eigenvalue weighted by Gasteiger charge is 2.15. The van der Waals surface area contributed by atoms with Crippen LogP contribution in [0.1, 0.15) is 11.3 Å². The van der Waals surface area contributed by atoms with Crippen LogP contribution in [0, 0.1) is 6.92 Å². The molecule has 20 heavy (non-hydrogen) atoms. The highest BCUT2D eigenvalue weighted by atomic mass is 32.2. The number of aryl methyl sites for hydroxylation is 1. The van der Waals surface area contributed by atoms with E-state index in [9.17, 15) is 4.79 Å². The summed E-state index contributed by atoms with van der Waals surface area (Å²) in [5.41, 5.74) is 6.73. The fraction of sp³-hybridized carbons (Fsp3) is 0.385. The average molecular weight is 328 g/mol. The molecule has 0 aromatic carbocycles. The standard InChI is InChI=1S/C13H17N3OS3/c1-8-3-4-11(20-8)10-7-19-13(15-10)16-12(17)9(14)5-6-18-2/h3-4,7,9H,5-6,14H2,1-2H3,(H,15,16,17)/t9-/m0/s1. The largest absolute Gasteiger partial charge is 0.320 e. The predicted octanol–water partition coefficient (Wildman–Crippen LogP) is 3.20. The number of thiazole rings is 1. The molecule has 2 heterocycles. The Morgan fingerprint density at radius 3 is 3.00 bits per heavy atom. The summed E-state index contributed by atoms with van der Waals surface area (Å²) in [4.78, 5) is 18.7. The van der Waals surface area contributed by atoms with Gasteiger partial charge in [0, 0.05) is 10.3 Å². The van der Waals surface area contributed by atoms with Crippen molar-refractivity contribution in [3.05, 3.63) is 22.4 Å². The number of carbonyl (C=O) groups is 1. The Balaban J connectivity index is 1.97. The molecule has 0 aliphatic rings. The highest BCUT2D eigenvalue weighted by molar-refractivity contribution is 7.98. The maximum atomic E-state index is 11.9. The van der Waals surface area contributed by atoms with E-state index in [-0.39, 0.29) is 5.91 Å². The van der Waals surface area contributed by atoms with Crippen molar-refractivity contribution in [1.29, 1.82) is 0 Å². The van der Waals surface area contributed by atoms with Gasteiger partial charge in [-0.25, -0.2) is 4.98 Å². The Morgan fingerprint density at radius 1 is 1.55 bits per heavy atom. The van der Waals surface area contributed by atoms with Crippen molar-refractivity contribution in [3.63, 3.8) is 0 Å². The summed E-state index contributed by atoms with van der Waals surface area (Å²) in [6.45, 7) is 2.06. The zero-order valence-electron chi connectivity index (χ0n) is 11.4. The lowest BCUT2D eigenvalue weighted by Gasteiger charge is -2.09. The Bertz CT molecular complexity index is 579. The van der Waals surface area contributed by atoms with E-state index >= 15 is 0 Å². The Morgan fingerprint density at radius 2 is 2.35 bits per heavy atom. The van der Waals surface area contributed by atoms with E-state index in [4.69, 9.17) is 5.73 Å². The van der Waals surface area contributed by atoms with E-state index in [1.807, 2.05) is 17.7 Å². The number of nitrogens with two attached hydrogens (primary N) is 1. The molecular weight excluding hydrogens is 310 g/mol. The minimum absolute atomic E-state index is 0.165. The molecule has 0 unspecified atom stereocenters. The van der Waals surface area contributed by atoms with E-state index < -0.39 is 6.04 Å². The van der Waals surface area contributed by atoms with Gasteiger partial charge in [0.1, 0.15) is 0 Å². The molecule has 2 aromatic rings. The zero-order valence-corrected chi connectivity index (χ0v) is 13.8. The Kier molecular flexibility index (Phi) is 5.59. The van der Waals surface area contributed by atoms with Crippen LogP contribution in [0.4, 0.5) is 5.13 Å². The van der Waals surface area contributed by atoms with Crippen molar-refractivity contribution in [2.45, 2.75) is 19.4 Å². The van der Waals surface area contributed by atoms with Crippen molar-refractivity contribution in [3.8, 4) is 10.6 Å². The van der Waals surface area contributed by atoms with Gasteiger partial charge in [0.05, 0.1) is 16.6 Å². The normalized spacial score (nSPS) is 12.3. The van der Waals surface area contributed by atoms with Gasteiger partial charge in [0.25, 0.3) is 0 Å². The van der Waals surface area contributed by atoms with E-state index in [1.54, 1.807) is 23.1 Å². The number of anilines is 1. The van der Waals surface area contributed by atoms with E-state index in [0.717, 1.165) is 16.3 Å². The van der Waals surface area contributed by atoms with Gasteiger partial charge >= 0.3 is 0 Å². The van der Waals surface area contributed by atoms with Gasteiger partial charge < -0.3 is 11.1 Å². The van der Waals surface area contributed by atoms with Crippen molar-refractivity contribution in [2.24, 2.45) is 5.73 Å². The van der Waals surface area contributed by atoms with Crippen LogP contribution in [0.2, 0.25) is 0 Å². The summed E-state index contributed by atoms with van der Waals surface area (Å²) in [6, 6.07) is 3.64. The first-order valence-electron chi connectivity index (χ1n) is 6.18. The number of hydrogen-bond acceptors (Lipinski definition) is 6. The number of hydrogen-bond donors (Lipinski definition) is 2. The minimum atomic E-state index is -0.473. The third kappa shape index (κ3) is 4.05. The van der Waals surface area contributed by atoms with Crippen molar-refractivity contribution < 1.29 is 4.79 Å². The van der Waals surface area contributed by atoms with Gasteiger partial charge in [0.2, 0.25) is 5.91 Å². The molecule has 108 valence electrons. The second kappa shape index (κ2) is 7.21. The van der Waals surface area contributed by atoms with Crippen LogP contribution in [0.25, 0.3) is 10.6 Å². The number of nitrogens with one attached hydrogen (secondary N) is 1. The molecule has 0 saturated carbocycles. The fourth-order valence-electron chi connectivity index (χ4n) is 1.59. The van der Waals surface area contributed by atoms with Crippen LogP contribution >= 0.6 is 34.4 Å². The second-order valence-electron chi connectivity index (χ2n) is 4.33. The number of rotatable bonds is 6. The highest BCUT2D eigenvalue weighted by Crippen LogP contribution is 2.30. The Labute approximate surface area is 130 Å². The van der Waals surface area contributed by atoms with Gasteiger partial charge in [-0.2, -0.15) is 11.8 Å². The number of thiophene rings is 1. The van der Waals surface area contributed by atoms with Crippen molar-refractivity contribution in [2.75, 3.05) is 17.3 Å². The van der Waals surface area contributed by atoms with Crippen molar-refractivity contribution in [1.82, 2.24) is 4.98 Å². The van der Waals surface area contributed by atoms with Crippen LogP contribution < -0.4 is 11.1 Å². The van der Waals surface area contributed by atoms with Gasteiger partial charge in [0.15, 0.2) is 5.13 Å². The summed E-state index contributed by atoms with van der Waals surface area (Å²) in [7, 11) is 0. The first-order chi connectivity index (χ1) is 9.60. The van der Waals surface area contributed by atoms with E-state index in [2.05, 4.69) is 23.3 Å². The molecule has 3 N–H and O–H groups in total. The molecule has 4 nitrogen and oxygen atoms in total. The lowest BCUT2D eigenvalue weighted by atomic mass is 10.2. The third-order valence-corrected chi connectivity index (χ3v) is 5.12. The molecule has 0 spiro atoms. The smallest absolute Gasteiger partial charge is 0.243 e. The third-order valence-electron chi connectivity index (χ3n) is 2.70. The SMILES string of the molecule is CSCC[C@H](N)C(=O)Nc1nc(-c2ccc(C)s2)cs1. The summed E-state index contributed by atoms with van der Waals surface area (Å²) in [6.07, 6.45) is 2.68. The van der Waals surface area contributed by atoms with Gasteiger partial charge in [-0.15, -0.1) is 22.7 Å². The summed E-state index contributed by atoms with van der Waals surface area (Å²) < 4.78 is 0. The molecule has 0 aliphatic heterocycles. The summed E-state index contributed by atoms with van der Waals surface area (Å²) in [5, 5.41) is 5.35. The molecule has 2 rings (SSSR count). The molecule has 0 bridgehead atoms. The van der Waals surface area contributed by atoms with E-state index in [0.29, 0.717) is 11.6 Å². The quantitative estimate of drug-likeness (QED) is 0.855. The molecule has 1 atom stereocenters. The summed E-state index contributed by atoms with van der Waals surface area (Å²) in [5.74, 6) is 0.717. The van der Waals surface area contributed by atoms with Gasteiger partial charge in [-0.05, 0) is 37.5 Å². The van der Waals surface area contributed by atoms with Crippen LogP contribution in [-0.4, -0.2) is 28.9 Å². The molecule has 7 heteroatoms. The van der Waals surface area contributed by atoms with Gasteiger partial charge in [-0.3, -0.25) is 4.79 Å². The number of carbonyl (C=O) groups excluding carboxylic acids is 1. The monoisotopic (exact) mass is 327 g/mol. The number of amides is 1. The molecule has 2 aromatic heterocycles. The maximum absolute atomic E-state index is 11.9. The number of nitrogens with zero attached hydrogens (tertiary/aromatic N) is 1. The topological polar surface area (TPSA) is 68.0 Å². The molecule has 0 aliphatic carbocycles. The molecular formula is C13H17N3OS3. The molecule has 1 amide bonds. The van der Waals surface area contributed by atoms with Crippen molar-refractivity contribution >= 4 is 45.5 Å². The fourth-order valence-corrected chi connectivity index (χ4v) is 3.70. The van der Waals surface area contributed by atoms with Crippen LogP contribution in [0.15, 0.2) is 17.5 Å². The Hall–Kier alpha value is -0.890. The number of thioether (sulfide) groups is 1. The zero-order chi connectivity index (χ0) is 14.5. The lowest BCUT2D eigenvalue weighted by molar-refractivity contribution is -0.117. The van der Waals surface area contributed by atoms with Crippen LogP contribution in [0.3, 0.4) is 0 Å². The number of aromatic nitrogens is 1. The first kappa shape index (κ1) is 15.5. The first-order valence-corrected chi connectivity index (χ1v) is 9.27. The molecule has 0 radical (unpaired) electrons. The maximum Gasteiger partial charge on any atom is 0.243 e. The minimum Gasteiger partial charge on any atom is -0.320 e. The average Bonchev–Trinajstić information content (AvgIpc) is 3.04. The lowest BCUT2D eigenvalue weighted by Crippen LogP contribution is -2.36. The predicted molar refractivity (Wildman–Crippen MR) is 89.8 cm³/mol. The second-order valence-corrected chi connectivity index (χ2v) is 7.46. The molecule has 0 fully saturated rings.